The first-order valence-electron chi connectivity index (χ1n) is 14.5. The summed E-state index contributed by atoms with van der Waals surface area (Å²) in [6.07, 6.45) is 6.90. The molecule has 2 nitrogen and oxygen atoms in total. The standard InChI is InChI=1S/C32H47N2Si.4ClH.Zr/c1-23-19-29-25(15-17-33(3,4)5)11-9-13-27(29)31(23)21-35-22-32-24(2)20-30-26(12-10-14-28(30)32)16-18-34(6,7)8;;;;;/h9-14,19-20,31-32,35H,15-18,21-22H2,1-8H3;4*1H;/q+2;;;;;+4/p-4. The van der Waals surface area contributed by atoms with Crippen molar-refractivity contribution in [1.29, 1.82) is 0 Å². The number of rotatable bonds is 11. The van der Waals surface area contributed by atoms with Gasteiger partial charge in [-0.1, -0.05) is 0 Å². The van der Waals surface area contributed by atoms with Crippen molar-refractivity contribution in [3.63, 3.8) is 0 Å². The number of likely N-dealkylation sites (N-methyl/N-ethyl adjacent to an activating group) is 2. The van der Waals surface area contributed by atoms with Crippen LogP contribution in [0.1, 0.15) is 59.1 Å². The molecule has 4 rings (SSSR count). The van der Waals surface area contributed by atoms with E-state index in [0.29, 0.717) is 11.8 Å². The summed E-state index contributed by atoms with van der Waals surface area (Å²) < 4.78 is 1.90. The Kier molecular flexibility index (Phi) is 9.81. The second-order valence-electron chi connectivity index (χ2n) is 14.3. The fourth-order valence-corrected chi connectivity index (χ4v) is 31.0. The Morgan fingerprint density at radius 2 is 1.02 bits per heavy atom. The van der Waals surface area contributed by atoms with E-state index in [0.717, 1.165) is 47.0 Å². The molecule has 0 saturated heterocycles. The van der Waals surface area contributed by atoms with E-state index in [1.54, 1.807) is 0 Å². The summed E-state index contributed by atoms with van der Waals surface area (Å²) >= 11 is -4.87. The molecule has 0 bridgehead atoms. The third kappa shape index (κ3) is 8.17. The fourth-order valence-electron chi connectivity index (χ4n) is 6.37. The molecule has 0 N–H and O–H groups in total. The Balaban J connectivity index is 1.61. The molecule has 219 valence electrons. The number of hydrogen-bond donors (Lipinski definition) is 0. The molecule has 0 radical (unpaired) electrons. The van der Waals surface area contributed by atoms with Crippen LogP contribution < -0.4 is 0 Å². The number of halogens is 4. The van der Waals surface area contributed by atoms with E-state index in [2.05, 4.69) is 105 Å². The van der Waals surface area contributed by atoms with Gasteiger partial charge in [0.15, 0.2) is 0 Å². The SMILES string of the molecule is CC1=Cc2c(CC[N+](C)(C)C)cccc2C1C[SiH](CC1C(C)=Cc2c(CC[N+](C)(C)C)cccc21)[Zr]([Cl])([Cl])([Cl])[Cl]. The van der Waals surface area contributed by atoms with Crippen molar-refractivity contribution in [2.75, 3.05) is 55.4 Å². The monoisotopic (exact) mass is 717 g/mol. The number of allylic oxidation sites excluding steroid dienone is 2. The Bertz CT molecular complexity index is 1230. The number of quaternary nitrogens is 2. The van der Waals surface area contributed by atoms with Gasteiger partial charge in [-0.2, -0.15) is 0 Å². The second kappa shape index (κ2) is 11.9. The molecular formula is C32H47Cl4N2SiZr+2. The Morgan fingerprint density at radius 1 is 0.650 bits per heavy atom. The van der Waals surface area contributed by atoms with Gasteiger partial charge in [0.1, 0.15) is 0 Å². The predicted molar refractivity (Wildman–Crippen MR) is 179 cm³/mol. The van der Waals surface area contributed by atoms with Crippen molar-refractivity contribution in [3.8, 4) is 0 Å². The van der Waals surface area contributed by atoms with Crippen molar-refractivity contribution in [3.05, 3.63) is 80.9 Å². The van der Waals surface area contributed by atoms with Gasteiger partial charge in [0, 0.05) is 0 Å². The summed E-state index contributed by atoms with van der Waals surface area (Å²) in [5.41, 5.74) is 11.2. The Morgan fingerprint density at radius 3 is 1.35 bits per heavy atom. The van der Waals surface area contributed by atoms with Gasteiger partial charge in [-0.15, -0.1) is 0 Å². The quantitative estimate of drug-likeness (QED) is 0.161. The molecular weight excluding hydrogens is 673 g/mol. The Hall–Kier alpha value is 0.100. The summed E-state index contributed by atoms with van der Waals surface area (Å²) in [5.74, 6) is -1.39. The van der Waals surface area contributed by atoms with Gasteiger partial charge in [0.2, 0.25) is 0 Å². The molecule has 0 amide bonds. The van der Waals surface area contributed by atoms with Gasteiger partial charge >= 0.3 is 261 Å². The van der Waals surface area contributed by atoms with E-state index in [4.69, 9.17) is 34.1 Å². The van der Waals surface area contributed by atoms with E-state index in [9.17, 15) is 0 Å². The average molecular weight is 721 g/mol. The van der Waals surface area contributed by atoms with Gasteiger partial charge in [0.25, 0.3) is 0 Å². The number of fused-ring (bicyclic) bond motifs is 2. The van der Waals surface area contributed by atoms with Crippen LogP contribution in [-0.2, 0) is 26.0 Å². The van der Waals surface area contributed by atoms with Crippen LogP contribution in [0.3, 0.4) is 0 Å². The van der Waals surface area contributed by atoms with Crippen molar-refractivity contribution < 1.29 is 22.1 Å². The van der Waals surface area contributed by atoms with Crippen LogP contribution >= 0.6 is 34.1 Å². The maximum absolute atomic E-state index is 7.05. The average Bonchev–Trinajstić information content (AvgIpc) is 3.30. The number of hydrogen-bond acceptors (Lipinski definition) is 0. The van der Waals surface area contributed by atoms with Crippen LogP contribution in [0, 0.1) is 0 Å². The zero-order chi connectivity index (χ0) is 29.7. The summed E-state index contributed by atoms with van der Waals surface area (Å²) in [5, 5.41) is 0. The van der Waals surface area contributed by atoms with E-state index < -0.39 is 19.1 Å². The Labute approximate surface area is 259 Å². The predicted octanol–water partition coefficient (Wildman–Crippen LogP) is 8.91. The van der Waals surface area contributed by atoms with E-state index in [1.807, 2.05) is 0 Å². The van der Waals surface area contributed by atoms with Gasteiger partial charge in [-0.25, -0.2) is 0 Å². The van der Waals surface area contributed by atoms with E-state index in [-0.39, 0.29) is 0 Å². The number of benzene rings is 2. The third-order valence-electron chi connectivity index (χ3n) is 8.82. The van der Waals surface area contributed by atoms with Crippen molar-refractivity contribution in [1.82, 2.24) is 0 Å². The van der Waals surface area contributed by atoms with Crippen LogP contribution in [0.4, 0.5) is 0 Å². The van der Waals surface area contributed by atoms with Crippen LogP contribution in [0.2, 0.25) is 12.1 Å². The van der Waals surface area contributed by atoms with Crippen LogP contribution in [0.15, 0.2) is 47.5 Å². The molecule has 0 heterocycles. The molecule has 2 aliphatic carbocycles. The molecule has 0 aromatic heterocycles. The van der Waals surface area contributed by atoms with Crippen molar-refractivity contribution >= 4 is 52.1 Å². The zero-order valence-corrected chi connectivity index (χ0v) is 32.1. The zero-order valence-electron chi connectivity index (χ0n) is 25.5. The molecule has 2 atom stereocenters. The molecule has 2 aliphatic rings. The minimum absolute atomic E-state index is 0.291. The normalized spacial score (nSPS) is 20.9. The molecule has 0 saturated carbocycles. The molecule has 2 unspecified atom stereocenters. The molecule has 2 aromatic rings. The minimum atomic E-state index is -4.87. The number of nitrogens with zero attached hydrogens (tertiary/aromatic N) is 2. The first-order chi connectivity index (χ1) is 18.3. The molecule has 0 fully saturated rings. The second-order valence-corrected chi connectivity index (χ2v) is 67.8. The fraction of sp³-hybridized carbons (Fsp3) is 0.500. The van der Waals surface area contributed by atoms with Gasteiger partial charge in [-0.05, 0) is 0 Å². The molecule has 2 aromatic carbocycles. The van der Waals surface area contributed by atoms with Gasteiger partial charge < -0.3 is 0 Å². The van der Waals surface area contributed by atoms with E-state index >= 15 is 0 Å². The molecule has 8 heteroatoms. The summed E-state index contributed by atoms with van der Waals surface area (Å²) in [7, 11) is 41.7. The van der Waals surface area contributed by atoms with E-state index in [1.165, 1.54) is 44.5 Å². The molecule has 0 spiro atoms. The van der Waals surface area contributed by atoms with Gasteiger partial charge in [0.05, 0.1) is 0 Å². The maximum atomic E-state index is 7.05. The summed E-state index contributed by atoms with van der Waals surface area (Å²) in [4.78, 5) is 0. The third-order valence-corrected chi connectivity index (χ3v) is 46.6. The first kappa shape index (κ1) is 33.0. The summed E-state index contributed by atoms with van der Waals surface area (Å²) in [6.45, 7) is 6.71. The van der Waals surface area contributed by atoms with Crippen LogP contribution in [-0.4, -0.2) is 70.3 Å². The molecule has 0 aliphatic heterocycles. The summed E-state index contributed by atoms with van der Waals surface area (Å²) in [6, 6.07) is 15.4. The first-order valence-corrected chi connectivity index (χ1v) is 33.6. The van der Waals surface area contributed by atoms with Crippen molar-refractivity contribution in [2.45, 2.75) is 50.6 Å². The van der Waals surface area contributed by atoms with Gasteiger partial charge in [-0.3, -0.25) is 0 Å². The topological polar surface area (TPSA) is 0 Å². The van der Waals surface area contributed by atoms with Crippen LogP contribution in [0.25, 0.3) is 12.2 Å². The molecule has 40 heavy (non-hydrogen) atoms. The van der Waals surface area contributed by atoms with Crippen molar-refractivity contribution in [2.24, 2.45) is 0 Å². The van der Waals surface area contributed by atoms with Crippen LogP contribution in [0.5, 0.6) is 0 Å².